The number of allylic oxidation sites excluding steroid dienone is 1. The fraction of sp³-hybridized carbons (Fsp3) is 0.185. The molecule has 0 N–H and O–H groups in total. The van der Waals surface area contributed by atoms with E-state index in [1.54, 1.807) is 0 Å². The number of rotatable bonds is 4. The molecule has 5 rings (SSSR count). The van der Waals surface area contributed by atoms with Crippen LogP contribution in [0.4, 0.5) is 0 Å². The topological polar surface area (TPSA) is 13.1 Å². The molecule has 2 heteroatoms. The molecule has 0 saturated heterocycles. The van der Waals surface area contributed by atoms with Gasteiger partial charge in [0.15, 0.2) is 0 Å². The predicted molar refractivity (Wildman–Crippen MR) is 123 cm³/mol. The van der Waals surface area contributed by atoms with E-state index in [0.29, 0.717) is 5.92 Å². The van der Waals surface area contributed by atoms with Crippen LogP contribution < -0.4 is 0 Å². The summed E-state index contributed by atoms with van der Waals surface area (Å²) in [5.74, 6) is 1.45. The molecule has 0 bridgehead atoms. The van der Waals surface area contributed by atoms with Gasteiger partial charge in [-0.2, -0.15) is 0 Å². The minimum Gasteiger partial charge on any atom is -0.456 e. The van der Waals surface area contributed by atoms with E-state index >= 15 is 0 Å². The molecular formula is C27H23ClO. The second-order valence-corrected chi connectivity index (χ2v) is 8.40. The van der Waals surface area contributed by atoms with Crippen LogP contribution in [0.15, 0.2) is 77.2 Å². The van der Waals surface area contributed by atoms with Crippen LogP contribution in [0, 0.1) is 12.8 Å². The van der Waals surface area contributed by atoms with Gasteiger partial charge in [-0.05, 0) is 78.3 Å². The van der Waals surface area contributed by atoms with Crippen molar-refractivity contribution in [1.29, 1.82) is 0 Å². The van der Waals surface area contributed by atoms with E-state index in [9.17, 15) is 0 Å². The van der Waals surface area contributed by atoms with Gasteiger partial charge in [0.1, 0.15) is 11.3 Å². The molecule has 4 aromatic rings. The summed E-state index contributed by atoms with van der Waals surface area (Å²) in [4.78, 5) is 0. The van der Waals surface area contributed by atoms with Crippen LogP contribution in [-0.2, 0) is 0 Å². The molecular weight excluding hydrogens is 376 g/mol. The van der Waals surface area contributed by atoms with E-state index in [-0.39, 0.29) is 0 Å². The zero-order chi connectivity index (χ0) is 19.8. The molecule has 0 radical (unpaired) electrons. The molecule has 0 spiro atoms. The summed E-state index contributed by atoms with van der Waals surface area (Å²) < 4.78 is 6.10. The van der Waals surface area contributed by atoms with Gasteiger partial charge in [0, 0.05) is 16.0 Å². The van der Waals surface area contributed by atoms with Gasteiger partial charge >= 0.3 is 0 Å². The maximum Gasteiger partial charge on any atom is 0.135 e. The third-order valence-electron chi connectivity index (χ3n) is 5.99. The fourth-order valence-corrected chi connectivity index (χ4v) is 4.33. The summed E-state index contributed by atoms with van der Waals surface area (Å²) in [5, 5.41) is 1.85. The maximum absolute atomic E-state index is 6.57. The Hall–Kier alpha value is -2.77. The summed E-state index contributed by atoms with van der Waals surface area (Å²) in [5.41, 5.74) is 7.08. The van der Waals surface area contributed by atoms with Gasteiger partial charge in [-0.1, -0.05) is 66.6 Å². The Morgan fingerprint density at radius 1 is 0.966 bits per heavy atom. The van der Waals surface area contributed by atoms with Crippen LogP contribution in [0.25, 0.3) is 33.9 Å². The Morgan fingerprint density at radius 2 is 1.76 bits per heavy atom. The van der Waals surface area contributed by atoms with Gasteiger partial charge in [0.05, 0.1) is 0 Å². The molecule has 0 amide bonds. The van der Waals surface area contributed by atoms with Crippen LogP contribution in [0.3, 0.4) is 0 Å². The van der Waals surface area contributed by atoms with E-state index < -0.39 is 0 Å². The number of hydrogen-bond donors (Lipinski definition) is 0. The second-order valence-electron chi connectivity index (χ2n) is 7.96. The van der Waals surface area contributed by atoms with Crippen LogP contribution in [0.1, 0.15) is 36.0 Å². The molecule has 0 unspecified atom stereocenters. The lowest BCUT2D eigenvalue weighted by Crippen LogP contribution is -2.13. The molecule has 1 aromatic heterocycles. The Morgan fingerprint density at radius 3 is 2.52 bits per heavy atom. The Balaban J connectivity index is 1.62. The first-order valence-corrected chi connectivity index (χ1v) is 10.6. The van der Waals surface area contributed by atoms with E-state index in [4.69, 9.17) is 16.0 Å². The molecule has 1 fully saturated rings. The summed E-state index contributed by atoms with van der Waals surface area (Å²) in [6.45, 7) is 2.17. The van der Waals surface area contributed by atoms with Crippen molar-refractivity contribution in [3.8, 4) is 11.3 Å². The molecule has 1 nitrogen and oxygen atoms in total. The number of para-hydroxylation sites is 1. The van der Waals surface area contributed by atoms with E-state index in [0.717, 1.165) is 27.3 Å². The summed E-state index contributed by atoms with van der Waals surface area (Å²) in [7, 11) is 0. The lowest BCUT2D eigenvalue weighted by atomic mass is 9.76. The predicted octanol–water partition coefficient (Wildman–Crippen LogP) is 8.40. The van der Waals surface area contributed by atoms with E-state index in [1.807, 2.05) is 24.3 Å². The highest BCUT2D eigenvalue weighted by Crippen LogP contribution is 2.42. The average Bonchev–Trinajstić information content (AvgIpc) is 3.11. The third kappa shape index (κ3) is 3.63. The van der Waals surface area contributed by atoms with Crippen molar-refractivity contribution < 1.29 is 4.42 Å². The number of fused-ring (bicyclic) bond motifs is 1. The lowest BCUT2D eigenvalue weighted by molar-refractivity contribution is 0.401. The third-order valence-corrected chi connectivity index (χ3v) is 6.20. The van der Waals surface area contributed by atoms with Gasteiger partial charge in [-0.3, -0.25) is 0 Å². The van der Waals surface area contributed by atoms with Crippen molar-refractivity contribution in [3.05, 3.63) is 94.5 Å². The maximum atomic E-state index is 6.57. The molecule has 29 heavy (non-hydrogen) atoms. The first-order valence-electron chi connectivity index (χ1n) is 10.2. The lowest BCUT2D eigenvalue weighted by Gasteiger charge is -2.29. The van der Waals surface area contributed by atoms with E-state index in [1.165, 1.54) is 41.5 Å². The standard InChI is InChI=1S/C27H23ClO/c1-18-7-2-3-8-20(18)16-25(19-10-6-11-19)22-13-23(15-24(28)14-22)27-17-21-9-4-5-12-26(21)29-27/h2-5,7-9,12-17,19H,6,10-11H2,1H3/b25-16+. The van der Waals surface area contributed by atoms with Gasteiger partial charge in [-0.15, -0.1) is 0 Å². The molecule has 1 saturated carbocycles. The molecule has 0 aliphatic heterocycles. The Kier molecular flexibility index (Phi) is 4.77. The van der Waals surface area contributed by atoms with Crippen molar-refractivity contribution in [2.75, 3.05) is 0 Å². The molecule has 1 aliphatic carbocycles. The van der Waals surface area contributed by atoms with E-state index in [2.05, 4.69) is 61.5 Å². The summed E-state index contributed by atoms with van der Waals surface area (Å²) >= 11 is 6.57. The second kappa shape index (κ2) is 7.57. The van der Waals surface area contributed by atoms with Crippen LogP contribution in [0.5, 0.6) is 0 Å². The molecule has 144 valence electrons. The smallest absolute Gasteiger partial charge is 0.135 e. The van der Waals surface area contributed by atoms with Crippen LogP contribution in [-0.4, -0.2) is 0 Å². The minimum atomic E-state index is 0.594. The molecule has 3 aromatic carbocycles. The highest BCUT2D eigenvalue weighted by molar-refractivity contribution is 6.31. The zero-order valence-corrected chi connectivity index (χ0v) is 17.2. The van der Waals surface area contributed by atoms with Crippen molar-refractivity contribution in [3.63, 3.8) is 0 Å². The highest BCUT2D eigenvalue weighted by Gasteiger charge is 2.24. The number of furan rings is 1. The minimum absolute atomic E-state index is 0.594. The number of benzene rings is 3. The number of hydrogen-bond acceptors (Lipinski definition) is 1. The van der Waals surface area contributed by atoms with Gasteiger partial charge in [-0.25, -0.2) is 0 Å². The monoisotopic (exact) mass is 398 g/mol. The first kappa shape index (κ1) is 18.3. The number of aryl methyl sites for hydroxylation is 1. The Labute approximate surface area is 176 Å². The van der Waals surface area contributed by atoms with Crippen molar-refractivity contribution >= 4 is 34.2 Å². The fourth-order valence-electron chi connectivity index (χ4n) is 4.10. The van der Waals surface area contributed by atoms with Gasteiger partial charge < -0.3 is 4.42 Å². The van der Waals surface area contributed by atoms with Gasteiger partial charge in [0.25, 0.3) is 0 Å². The van der Waals surface area contributed by atoms with Crippen molar-refractivity contribution in [1.82, 2.24) is 0 Å². The normalized spacial score (nSPS) is 14.9. The van der Waals surface area contributed by atoms with Crippen LogP contribution in [0.2, 0.25) is 5.02 Å². The number of halogens is 1. The molecule has 1 heterocycles. The molecule has 0 atom stereocenters. The van der Waals surface area contributed by atoms with Crippen LogP contribution >= 0.6 is 11.6 Å². The largest absolute Gasteiger partial charge is 0.456 e. The highest BCUT2D eigenvalue weighted by atomic mass is 35.5. The average molecular weight is 399 g/mol. The SMILES string of the molecule is Cc1ccccc1/C=C(/c1cc(Cl)cc(-c2cc3ccccc3o2)c1)C1CCC1. The molecule has 1 aliphatic rings. The van der Waals surface area contributed by atoms with Crippen molar-refractivity contribution in [2.45, 2.75) is 26.2 Å². The summed E-state index contributed by atoms with van der Waals surface area (Å²) in [6.07, 6.45) is 6.13. The summed E-state index contributed by atoms with van der Waals surface area (Å²) in [6, 6.07) is 25.1. The zero-order valence-electron chi connectivity index (χ0n) is 16.5. The van der Waals surface area contributed by atoms with Gasteiger partial charge in [0.2, 0.25) is 0 Å². The first-order chi connectivity index (χ1) is 14.2. The Bertz CT molecular complexity index is 1180. The van der Waals surface area contributed by atoms with Crippen molar-refractivity contribution in [2.24, 2.45) is 5.92 Å². The quantitative estimate of drug-likeness (QED) is 0.314.